The normalized spacial score (nSPS) is 17.7. The van der Waals surface area contributed by atoms with Crippen LogP contribution in [0, 0.1) is 5.92 Å². The quantitative estimate of drug-likeness (QED) is 0.459. The highest BCUT2D eigenvalue weighted by atomic mass is 16.5. The number of fused-ring (bicyclic) bond motifs is 1. The molecule has 0 aromatic heterocycles. The van der Waals surface area contributed by atoms with Crippen LogP contribution in [-0.4, -0.2) is 61.1 Å². The highest BCUT2D eigenvalue weighted by molar-refractivity contribution is 6.04. The molecule has 180 valence electrons. The van der Waals surface area contributed by atoms with E-state index in [0.29, 0.717) is 24.3 Å². The monoisotopic (exact) mass is 465 g/mol. The van der Waals surface area contributed by atoms with E-state index in [2.05, 4.69) is 15.4 Å². The Hall–Kier alpha value is -3.39. The Balaban J connectivity index is 1.33. The molecule has 2 aromatic carbocycles. The van der Waals surface area contributed by atoms with Crippen LogP contribution in [0.25, 0.3) is 0 Å². The number of benzene rings is 2. The van der Waals surface area contributed by atoms with Gasteiger partial charge in [0.2, 0.25) is 0 Å². The van der Waals surface area contributed by atoms with Crippen molar-refractivity contribution in [2.45, 2.75) is 32.1 Å². The first-order chi connectivity index (χ1) is 16.6. The number of hydrazone groups is 1. The number of piperidine rings is 1. The molecule has 2 N–H and O–H groups in total. The molecule has 2 aliphatic rings. The SMILES string of the molecule is O=C(CC1COc2ccc(NC(=O)c3ccc(C=NN4CCCCC4)cc3)cc2C1)OCCO. The second-order valence-corrected chi connectivity index (χ2v) is 8.69. The van der Waals surface area contributed by atoms with Crippen LogP contribution >= 0.6 is 0 Å². The van der Waals surface area contributed by atoms with Crippen LogP contribution < -0.4 is 10.1 Å². The number of nitrogens with one attached hydrogen (secondary N) is 1. The van der Waals surface area contributed by atoms with Crippen molar-refractivity contribution >= 4 is 23.8 Å². The maximum Gasteiger partial charge on any atom is 0.306 e. The van der Waals surface area contributed by atoms with E-state index in [1.807, 2.05) is 36.5 Å². The molecule has 1 atom stereocenters. The summed E-state index contributed by atoms with van der Waals surface area (Å²) >= 11 is 0. The van der Waals surface area contributed by atoms with Crippen LogP contribution in [0.15, 0.2) is 47.6 Å². The van der Waals surface area contributed by atoms with Gasteiger partial charge in [0.25, 0.3) is 5.91 Å². The van der Waals surface area contributed by atoms with Crippen LogP contribution in [0.2, 0.25) is 0 Å². The van der Waals surface area contributed by atoms with E-state index in [1.54, 1.807) is 12.1 Å². The Labute approximate surface area is 199 Å². The lowest BCUT2D eigenvalue weighted by atomic mass is 9.93. The second-order valence-electron chi connectivity index (χ2n) is 8.69. The number of aliphatic hydroxyl groups excluding tert-OH is 1. The molecule has 2 aromatic rings. The molecule has 1 unspecified atom stereocenters. The molecule has 1 fully saturated rings. The summed E-state index contributed by atoms with van der Waals surface area (Å²) in [4.78, 5) is 24.6. The van der Waals surface area contributed by atoms with Crippen molar-refractivity contribution in [2.24, 2.45) is 11.0 Å². The number of anilines is 1. The lowest BCUT2D eigenvalue weighted by Gasteiger charge is -2.25. The van der Waals surface area contributed by atoms with Crippen molar-refractivity contribution in [3.8, 4) is 5.75 Å². The third kappa shape index (κ3) is 6.57. The van der Waals surface area contributed by atoms with E-state index in [9.17, 15) is 9.59 Å². The third-order valence-corrected chi connectivity index (χ3v) is 5.99. The van der Waals surface area contributed by atoms with Crippen molar-refractivity contribution in [1.29, 1.82) is 0 Å². The molecule has 0 bridgehead atoms. The van der Waals surface area contributed by atoms with Gasteiger partial charge in [-0.05, 0) is 67.1 Å². The summed E-state index contributed by atoms with van der Waals surface area (Å²) in [5.41, 5.74) is 3.13. The number of hydrogen-bond acceptors (Lipinski definition) is 7. The first-order valence-corrected chi connectivity index (χ1v) is 11.8. The Morgan fingerprint density at radius 1 is 1.15 bits per heavy atom. The summed E-state index contributed by atoms with van der Waals surface area (Å²) in [5, 5.41) is 18.3. The second kappa shape index (κ2) is 11.7. The number of ether oxygens (including phenoxy) is 2. The van der Waals surface area contributed by atoms with Gasteiger partial charge in [-0.25, -0.2) is 0 Å². The number of hydrogen-bond donors (Lipinski definition) is 2. The molecule has 34 heavy (non-hydrogen) atoms. The number of rotatable bonds is 8. The number of carbonyl (C=O) groups is 2. The minimum Gasteiger partial charge on any atom is -0.493 e. The Morgan fingerprint density at radius 3 is 2.71 bits per heavy atom. The molecule has 4 rings (SSSR count). The summed E-state index contributed by atoms with van der Waals surface area (Å²) < 4.78 is 10.7. The average molecular weight is 466 g/mol. The first kappa shape index (κ1) is 23.8. The summed E-state index contributed by atoms with van der Waals surface area (Å²) in [5.74, 6) is 0.208. The average Bonchev–Trinajstić information content (AvgIpc) is 2.87. The van der Waals surface area contributed by atoms with E-state index in [0.717, 1.165) is 30.0 Å². The molecular formula is C26H31N3O5. The Bertz CT molecular complexity index is 1020. The molecular weight excluding hydrogens is 434 g/mol. The Morgan fingerprint density at radius 2 is 1.94 bits per heavy atom. The zero-order valence-electron chi connectivity index (χ0n) is 19.2. The summed E-state index contributed by atoms with van der Waals surface area (Å²) in [7, 11) is 0. The lowest BCUT2D eigenvalue weighted by molar-refractivity contribution is -0.146. The molecule has 1 amide bonds. The van der Waals surface area contributed by atoms with Gasteiger partial charge in [0.05, 0.1) is 25.8 Å². The minimum absolute atomic E-state index is 0.00536. The van der Waals surface area contributed by atoms with Crippen LogP contribution in [-0.2, 0) is 16.0 Å². The highest BCUT2D eigenvalue weighted by Gasteiger charge is 2.23. The van der Waals surface area contributed by atoms with Crippen molar-refractivity contribution in [1.82, 2.24) is 5.01 Å². The maximum atomic E-state index is 12.7. The van der Waals surface area contributed by atoms with E-state index < -0.39 is 0 Å². The van der Waals surface area contributed by atoms with E-state index >= 15 is 0 Å². The molecule has 1 saturated heterocycles. The minimum atomic E-state index is -0.347. The molecule has 8 nitrogen and oxygen atoms in total. The van der Waals surface area contributed by atoms with E-state index in [-0.39, 0.29) is 37.4 Å². The summed E-state index contributed by atoms with van der Waals surface area (Å²) in [6.45, 7) is 2.24. The highest BCUT2D eigenvalue weighted by Crippen LogP contribution is 2.31. The topological polar surface area (TPSA) is 100 Å². The van der Waals surface area contributed by atoms with Crippen molar-refractivity contribution in [3.05, 3.63) is 59.2 Å². The van der Waals surface area contributed by atoms with Gasteiger partial charge in [-0.2, -0.15) is 5.10 Å². The molecule has 0 saturated carbocycles. The van der Waals surface area contributed by atoms with Crippen molar-refractivity contribution in [3.63, 3.8) is 0 Å². The van der Waals surface area contributed by atoms with Gasteiger partial charge in [0.1, 0.15) is 12.4 Å². The molecule has 0 radical (unpaired) electrons. The van der Waals surface area contributed by atoms with Gasteiger partial charge in [0, 0.05) is 30.3 Å². The predicted molar refractivity (Wildman–Crippen MR) is 129 cm³/mol. The van der Waals surface area contributed by atoms with Crippen LogP contribution in [0.3, 0.4) is 0 Å². The fraction of sp³-hybridized carbons (Fsp3) is 0.423. The maximum absolute atomic E-state index is 12.7. The van der Waals surface area contributed by atoms with Crippen molar-refractivity contribution in [2.75, 3.05) is 38.2 Å². The van der Waals surface area contributed by atoms with Gasteiger partial charge in [-0.15, -0.1) is 0 Å². The lowest BCUT2D eigenvalue weighted by Crippen LogP contribution is -2.25. The van der Waals surface area contributed by atoms with Gasteiger partial charge in [-0.1, -0.05) is 12.1 Å². The number of nitrogens with zero attached hydrogens (tertiary/aromatic N) is 2. The van der Waals surface area contributed by atoms with Gasteiger partial charge in [-0.3, -0.25) is 14.6 Å². The largest absolute Gasteiger partial charge is 0.493 e. The number of esters is 1. The fourth-order valence-corrected chi connectivity index (χ4v) is 4.19. The van der Waals surface area contributed by atoms with Crippen LogP contribution in [0.4, 0.5) is 5.69 Å². The van der Waals surface area contributed by atoms with E-state index in [4.69, 9.17) is 14.6 Å². The predicted octanol–water partition coefficient (Wildman–Crippen LogP) is 3.24. The molecule has 2 aliphatic heterocycles. The molecule has 2 heterocycles. The summed E-state index contributed by atoms with van der Waals surface area (Å²) in [6, 6.07) is 12.9. The molecule has 8 heteroatoms. The third-order valence-electron chi connectivity index (χ3n) is 5.99. The first-order valence-electron chi connectivity index (χ1n) is 11.8. The van der Waals surface area contributed by atoms with Gasteiger partial charge in [0.15, 0.2) is 0 Å². The standard InChI is InChI=1S/C26H31N3O5/c30-12-13-33-25(31)15-20-14-22-16-23(8-9-24(22)34-18-20)28-26(32)21-6-4-19(5-7-21)17-27-29-10-2-1-3-11-29/h4-9,16-17,20,30H,1-3,10-15,18H2,(H,28,32). The smallest absolute Gasteiger partial charge is 0.306 e. The fourth-order valence-electron chi connectivity index (χ4n) is 4.19. The summed E-state index contributed by atoms with van der Waals surface area (Å²) in [6.07, 6.45) is 6.36. The zero-order valence-corrected chi connectivity index (χ0v) is 19.2. The van der Waals surface area contributed by atoms with E-state index in [1.165, 1.54) is 19.3 Å². The van der Waals surface area contributed by atoms with Crippen molar-refractivity contribution < 1.29 is 24.2 Å². The Kier molecular flexibility index (Phi) is 8.14. The zero-order chi connectivity index (χ0) is 23.8. The van der Waals surface area contributed by atoms with Gasteiger partial charge < -0.3 is 19.9 Å². The number of aliphatic hydroxyl groups is 1. The molecule has 0 spiro atoms. The van der Waals surface area contributed by atoms with Gasteiger partial charge >= 0.3 is 5.97 Å². The molecule has 0 aliphatic carbocycles. The van der Waals surface area contributed by atoms with Crippen LogP contribution in [0.5, 0.6) is 5.75 Å². The number of carbonyl (C=O) groups excluding carboxylic acids is 2. The van der Waals surface area contributed by atoms with Crippen LogP contribution in [0.1, 0.15) is 47.2 Å². The number of amides is 1.